The van der Waals surface area contributed by atoms with Gasteiger partial charge in [-0.25, -0.2) is 0 Å². The highest BCUT2D eigenvalue weighted by Crippen LogP contribution is 2.38. The van der Waals surface area contributed by atoms with Gasteiger partial charge in [-0.1, -0.05) is 24.3 Å². The third-order valence-corrected chi connectivity index (χ3v) is 4.54. The number of nitrogens with zero attached hydrogens (tertiary/aromatic N) is 2. The van der Waals surface area contributed by atoms with Crippen molar-refractivity contribution in [3.8, 4) is 5.75 Å². The number of aromatic nitrogens is 1. The first-order valence-corrected chi connectivity index (χ1v) is 8.67. The molecule has 27 heavy (non-hydrogen) atoms. The van der Waals surface area contributed by atoms with E-state index in [4.69, 9.17) is 10.5 Å². The van der Waals surface area contributed by atoms with Crippen LogP contribution in [0.4, 0.5) is 11.4 Å². The Morgan fingerprint density at radius 2 is 1.89 bits per heavy atom. The lowest BCUT2D eigenvalue weighted by molar-refractivity contribution is -0.117. The van der Waals surface area contributed by atoms with Crippen LogP contribution in [-0.2, 0) is 11.3 Å². The van der Waals surface area contributed by atoms with Crippen molar-refractivity contribution in [1.29, 1.82) is 0 Å². The summed E-state index contributed by atoms with van der Waals surface area (Å²) in [5, 5.41) is 0. The van der Waals surface area contributed by atoms with Crippen LogP contribution in [0.2, 0.25) is 0 Å². The molecule has 0 saturated heterocycles. The van der Waals surface area contributed by atoms with Crippen LogP contribution in [0.1, 0.15) is 16.7 Å². The van der Waals surface area contributed by atoms with E-state index in [1.807, 2.05) is 49.4 Å². The molecule has 0 aliphatic carbocycles. The van der Waals surface area contributed by atoms with Gasteiger partial charge in [0.05, 0.1) is 12.2 Å². The molecule has 5 heteroatoms. The number of hydrogen-bond acceptors (Lipinski definition) is 4. The molecule has 0 fully saturated rings. The number of nitrogens with two attached hydrogens (primary N) is 1. The predicted octanol–water partition coefficient (Wildman–Crippen LogP) is 3.94. The van der Waals surface area contributed by atoms with E-state index >= 15 is 0 Å². The largest absolute Gasteiger partial charge is 0.449 e. The van der Waals surface area contributed by atoms with E-state index < -0.39 is 0 Å². The summed E-state index contributed by atoms with van der Waals surface area (Å²) in [6.45, 7) is 2.50. The molecule has 2 aromatic carbocycles. The first-order valence-electron chi connectivity index (χ1n) is 8.67. The maximum absolute atomic E-state index is 13.2. The Balaban J connectivity index is 1.78. The van der Waals surface area contributed by atoms with E-state index in [1.54, 1.807) is 35.5 Å². The van der Waals surface area contributed by atoms with E-state index in [9.17, 15) is 4.79 Å². The summed E-state index contributed by atoms with van der Waals surface area (Å²) >= 11 is 0. The molecular formula is C22H19N3O2. The number of hydrogen-bond donors (Lipinski definition) is 1. The van der Waals surface area contributed by atoms with Gasteiger partial charge in [0.15, 0.2) is 11.5 Å². The molecule has 134 valence electrons. The summed E-state index contributed by atoms with van der Waals surface area (Å²) in [7, 11) is 0. The molecule has 0 radical (unpaired) electrons. The number of fused-ring (bicyclic) bond motifs is 1. The van der Waals surface area contributed by atoms with Gasteiger partial charge in [0.25, 0.3) is 5.91 Å². The van der Waals surface area contributed by atoms with Crippen molar-refractivity contribution in [3.63, 3.8) is 0 Å². The van der Waals surface area contributed by atoms with E-state index in [0.29, 0.717) is 23.7 Å². The van der Waals surface area contributed by atoms with Gasteiger partial charge >= 0.3 is 0 Å². The van der Waals surface area contributed by atoms with Crippen molar-refractivity contribution >= 4 is 23.4 Å². The quantitative estimate of drug-likeness (QED) is 0.569. The van der Waals surface area contributed by atoms with Crippen molar-refractivity contribution in [1.82, 2.24) is 4.98 Å². The molecule has 1 aliphatic rings. The van der Waals surface area contributed by atoms with Crippen LogP contribution in [-0.4, -0.2) is 10.9 Å². The number of rotatable bonds is 3. The SMILES string of the molecule is Cc1ccccc1CN1C(=O)/C(=C\c2ccncc2)Oc2cc(N)ccc21. The van der Waals surface area contributed by atoms with Gasteiger partial charge in [0.2, 0.25) is 0 Å². The number of anilines is 2. The molecule has 3 aromatic rings. The number of carbonyl (C=O) groups excluding carboxylic acids is 1. The van der Waals surface area contributed by atoms with Crippen LogP contribution in [0.25, 0.3) is 6.08 Å². The van der Waals surface area contributed by atoms with E-state index in [1.165, 1.54) is 0 Å². The van der Waals surface area contributed by atoms with Crippen molar-refractivity contribution in [2.45, 2.75) is 13.5 Å². The van der Waals surface area contributed by atoms with Gasteiger partial charge in [-0.05, 0) is 54.0 Å². The van der Waals surface area contributed by atoms with Crippen molar-refractivity contribution in [3.05, 3.63) is 89.4 Å². The van der Waals surface area contributed by atoms with Gasteiger partial charge < -0.3 is 10.5 Å². The minimum Gasteiger partial charge on any atom is -0.449 e. The van der Waals surface area contributed by atoms with Crippen LogP contribution in [0, 0.1) is 6.92 Å². The highest BCUT2D eigenvalue weighted by Gasteiger charge is 2.30. The van der Waals surface area contributed by atoms with Gasteiger partial charge in [-0.2, -0.15) is 0 Å². The van der Waals surface area contributed by atoms with E-state index in [2.05, 4.69) is 4.98 Å². The number of ether oxygens (including phenoxy) is 1. The van der Waals surface area contributed by atoms with Crippen molar-refractivity contribution < 1.29 is 9.53 Å². The molecule has 1 aliphatic heterocycles. The molecule has 1 amide bonds. The maximum Gasteiger partial charge on any atom is 0.294 e. The topological polar surface area (TPSA) is 68.5 Å². The second kappa shape index (κ2) is 6.96. The molecule has 5 nitrogen and oxygen atoms in total. The van der Waals surface area contributed by atoms with Gasteiger partial charge in [-0.15, -0.1) is 0 Å². The second-order valence-corrected chi connectivity index (χ2v) is 6.44. The van der Waals surface area contributed by atoms with E-state index in [0.717, 1.165) is 16.7 Å². The summed E-state index contributed by atoms with van der Waals surface area (Å²) in [6.07, 6.45) is 5.08. The molecule has 0 unspecified atom stereocenters. The van der Waals surface area contributed by atoms with Gasteiger partial charge in [0, 0.05) is 24.1 Å². The van der Waals surface area contributed by atoms with Crippen LogP contribution < -0.4 is 15.4 Å². The zero-order chi connectivity index (χ0) is 18.8. The minimum atomic E-state index is -0.188. The highest BCUT2D eigenvalue weighted by atomic mass is 16.5. The Morgan fingerprint density at radius 1 is 1.11 bits per heavy atom. The smallest absolute Gasteiger partial charge is 0.294 e. The Labute approximate surface area is 157 Å². The standard InChI is InChI=1S/C22H19N3O2/c1-15-4-2-3-5-17(15)14-25-19-7-6-18(23)13-20(19)27-21(22(25)26)12-16-8-10-24-11-9-16/h2-13H,14,23H2,1H3/b21-12+. The van der Waals surface area contributed by atoms with Gasteiger partial charge in [0.1, 0.15) is 0 Å². The highest BCUT2D eigenvalue weighted by molar-refractivity contribution is 6.10. The lowest BCUT2D eigenvalue weighted by atomic mass is 10.1. The number of carbonyl (C=O) groups is 1. The Morgan fingerprint density at radius 3 is 2.67 bits per heavy atom. The lowest BCUT2D eigenvalue weighted by Crippen LogP contribution is -2.37. The number of nitrogen functional groups attached to an aromatic ring is 1. The normalized spacial score (nSPS) is 14.8. The molecular weight excluding hydrogens is 338 g/mol. The molecule has 1 aromatic heterocycles. The first-order chi connectivity index (χ1) is 13.1. The van der Waals surface area contributed by atoms with Crippen LogP contribution in [0.3, 0.4) is 0 Å². The molecule has 0 atom stereocenters. The molecule has 0 bridgehead atoms. The Kier molecular flexibility index (Phi) is 4.34. The van der Waals surface area contributed by atoms with Crippen molar-refractivity contribution in [2.75, 3.05) is 10.6 Å². The van der Waals surface area contributed by atoms with Crippen molar-refractivity contribution in [2.24, 2.45) is 0 Å². The molecule has 4 rings (SSSR count). The fourth-order valence-corrected chi connectivity index (χ4v) is 3.06. The number of aryl methyl sites for hydroxylation is 1. The maximum atomic E-state index is 13.2. The number of amides is 1. The Bertz CT molecular complexity index is 1030. The molecule has 2 heterocycles. The first kappa shape index (κ1) is 16.8. The van der Waals surface area contributed by atoms with Crippen LogP contribution in [0.15, 0.2) is 72.8 Å². The fraction of sp³-hybridized carbons (Fsp3) is 0.0909. The summed E-state index contributed by atoms with van der Waals surface area (Å²) in [5.41, 5.74) is 10.3. The average molecular weight is 357 g/mol. The molecule has 0 spiro atoms. The summed E-state index contributed by atoms with van der Waals surface area (Å²) < 4.78 is 5.90. The summed E-state index contributed by atoms with van der Waals surface area (Å²) in [4.78, 5) is 18.9. The zero-order valence-electron chi connectivity index (χ0n) is 14.9. The van der Waals surface area contributed by atoms with Gasteiger partial charge in [-0.3, -0.25) is 14.7 Å². The lowest BCUT2D eigenvalue weighted by Gasteiger charge is -2.31. The third kappa shape index (κ3) is 3.40. The predicted molar refractivity (Wildman–Crippen MR) is 106 cm³/mol. The zero-order valence-corrected chi connectivity index (χ0v) is 14.9. The summed E-state index contributed by atoms with van der Waals surface area (Å²) in [5.74, 6) is 0.642. The molecule has 2 N–H and O–H groups in total. The fourth-order valence-electron chi connectivity index (χ4n) is 3.06. The van der Waals surface area contributed by atoms with E-state index in [-0.39, 0.29) is 11.7 Å². The second-order valence-electron chi connectivity index (χ2n) is 6.44. The van der Waals surface area contributed by atoms with Crippen LogP contribution in [0.5, 0.6) is 5.75 Å². The Hall–Kier alpha value is -3.60. The monoisotopic (exact) mass is 357 g/mol. The van der Waals surface area contributed by atoms with Crippen LogP contribution >= 0.6 is 0 Å². The summed E-state index contributed by atoms with van der Waals surface area (Å²) in [6, 6.07) is 17.0. The number of pyridine rings is 1. The third-order valence-electron chi connectivity index (χ3n) is 4.54. The minimum absolute atomic E-state index is 0.188. The number of benzene rings is 2. The molecule has 0 saturated carbocycles. The average Bonchev–Trinajstić information content (AvgIpc) is 2.67.